The summed E-state index contributed by atoms with van der Waals surface area (Å²) in [4.78, 5) is 18.1. The van der Waals surface area contributed by atoms with Crippen LogP contribution in [0.2, 0.25) is 0 Å². The lowest BCUT2D eigenvalue weighted by Crippen LogP contribution is -2.08. The predicted octanol–water partition coefficient (Wildman–Crippen LogP) is 2.44. The summed E-state index contributed by atoms with van der Waals surface area (Å²) in [6.07, 6.45) is 5.14. The molecule has 0 unspecified atom stereocenters. The number of imidazole rings is 1. The SMILES string of the molecule is Cc1cc(C(=O)Cn2ccnc2)c(C)s1. The third kappa shape index (κ3) is 2.15. The van der Waals surface area contributed by atoms with Crippen molar-refractivity contribution in [1.82, 2.24) is 9.55 Å². The molecule has 15 heavy (non-hydrogen) atoms. The lowest BCUT2D eigenvalue weighted by atomic mass is 10.1. The second-order valence-electron chi connectivity index (χ2n) is 3.49. The van der Waals surface area contributed by atoms with E-state index >= 15 is 0 Å². The molecule has 0 amide bonds. The highest BCUT2D eigenvalue weighted by atomic mass is 32.1. The minimum absolute atomic E-state index is 0.148. The van der Waals surface area contributed by atoms with Crippen molar-refractivity contribution in [3.8, 4) is 0 Å². The highest BCUT2D eigenvalue weighted by Crippen LogP contribution is 2.21. The average Bonchev–Trinajstić information content (AvgIpc) is 2.75. The van der Waals surface area contributed by atoms with Crippen molar-refractivity contribution in [2.75, 3.05) is 0 Å². The molecular weight excluding hydrogens is 208 g/mol. The van der Waals surface area contributed by atoms with Crippen LogP contribution in [0.5, 0.6) is 0 Å². The van der Waals surface area contributed by atoms with E-state index in [4.69, 9.17) is 0 Å². The summed E-state index contributed by atoms with van der Waals surface area (Å²) in [7, 11) is 0. The number of hydrogen-bond acceptors (Lipinski definition) is 3. The number of ketones is 1. The fourth-order valence-corrected chi connectivity index (χ4v) is 2.48. The third-order valence-corrected chi connectivity index (χ3v) is 3.19. The molecule has 0 radical (unpaired) electrons. The quantitative estimate of drug-likeness (QED) is 0.745. The molecule has 0 aliphatic rings. The van der Waals surface area contributed by atoms with Crippen LogP contribution in [0.4, 0.5) is 0 Å². The Hall–Kier alpha value is -1.42. The molecule has 78 valence electrons. The molecule has 2 aromatic heterocycles. The van der Waals surface area contributed by atoms with E-state index in [1.165, 1.54) is 4.88 Å². The molecule has 0 aliphatic carbocycles. The normalized spacial score (nSPS) is 10.5. The van der Waals surface area contributed by atoms with Gasteiger partial charge in [-0.2, -0.15) is 0 Å². The van der Waals surface area contributed by atoms with Crippen molar-refractivity contribution in [2.24, 2.45) is 0 Å². The van der Waals surface area contributed by atoms with Gasteiger partial charge in [-0.05, 0) is 19.9 Å². The Kier molecular flexibility index (Phi) is 2.68. The number of thiophene rings is 1. The van der Waals surface area contributed by atoms with Gasteiger partial charge in [0.1, 0.15) is 0 Å². The smallest absolute Gasteiger partial charge is 0.183 e. The Labute approximate surface area is 92.4 Å². The van der Waals surface area contributed by atoms with Gasteiger partial charge in [-0.1, -0.05) is 0 Å². The van der Waals surface area contributed by atoms with Crippen molar-refractivity contribution in [1.29, 1.82) is 0 Å². The molecule has 0 aliphatic heterocycles. The molecule has 0 spiro atoms. The molecule has 2 aromatic rings. The summed E-state index contributed by atoms with van der Waals surface area (Å²) < 4.78 is 1.79. The topological polar surface area (TPSA) is 34.9 Å². The number of carbonyl (C=O) groups is 1. The molecule has 0 atom stereocenters. The zero-order chi connectivity index (χ0) is 10.8. The standard InChI is InChI=1S/C11H12N2OS/c1-8-5-10(9(2)15-8)11(14)6-13-4-3-12-7-13/h3-5,7H,6H2,1-2H3. The fourth-order valence-electron chi connectivity index (χ4n) is 1.54. The molecule has 0 aromatic carbocycles. The van der Waals surface area contributed by atoms with Gasteiger partial charge in [0.15, 0.2) is 5.78 Å². The Balaban J connectivity index is 2.18. The largest absolute Gasteiger partial charge is 0.330 e. The zero-order valence-electron chi connectivity index (χ0n) is 8.73. The van der Waals surface area contributed by atoms with Crippen LogP contribution in [0.3, 0.4) is 0 Å². The Morgan fingerprint density at radius 3 is 2.87 bits per heavy atom. The Morgan fingerprint density at radius 1 is 1.53 bits per heavy atom. The first kappa shape index (κ1) is 10.1. The summed E-state index contributed by atoms with van der Waals surface area (Å²) in [5.41, 5.74) is 0.839. The average molecular weight is 220 g/mol. The minimum Gasteiger partial charge on any atom is -0.330 e. The van der Waals surface area contributed by atoms with Crippen LogP contribution >= 0.6 is 11.3 Å². The summed E-state index contributed by atoms with van der Waals surface area (Å²) >= 11 is 1.66. The van der Waals surface area contributed by atoms with Gasteiger partial charge in [-0.15, -0.1) is 11.3 Å². The Bertz CT molecular complexity index is 471. The molecule has 0 bridgehead atoms. The number of Topliss-reactive ketones (excluding diaryl/α,β-unsaturated/α-hetero) is 1. The van der Waals surface area contributed by atoms with Crippen molar-refractivity contribution in [3.05, 3.63) is 40.1 Å². The van der Waals surface area contributed by atoms with Crippen LogP contribution in [0, 0.1) is 13.8 Å². The van der Waals surface area contributed by atoms with Gasteiger partial charge in [0.25, 0.3) is 0 Å². The Morgan fingerprint density at radius 2 is 2.33 bits per heavy atom. The van der Waals surface area contributed by atoms with Crippen molar-refractivity contribution in [3.63, 3.8) is 0 Å². The first-order valence-corrected chi connectivity index (χ1v) is 5.54. The van der Waals surface area contributed by atoms with Crippen molar-refractivity contribution in [2.45, 2.75) is 20.4 Å². The van der Waals surface area contributed by atoms with E-state index in [9.17, 15) is 4.79 Å². The van der Waals surface area contributed by atoms with E-state index in [1.54, 1.807) is 34.6 Å². The van der Waals surface area contributed by atoms with E-state index < -0.39 is 0 Å². The van der Waals surface area contributed by atoms with Crippen LogP contribution < -0.4 is 0 Å². The summed E-state index contributed by atoms with van der Waals surface area (Å²) in [6.45, 7) is 4.38. The molecule has 2 rings (SSSR count). The number of aryl methyl sites for hydroxylation is 2. The van der Waals surface area contributed by atoms with Crippen molar-refractivity contribution >= 4 is 17.1 Å². The van der Waals surface area contributed by atoms with E-state index in [0.717, 1.165) is 10.4 Å². The van der Waals surface area contributed by atoms with Crippen molar-refractivity contribution < 1.29 is 4.79 Å². The number of aromatic nitrogens is 2. The van der Waals surface area contributed by atoms with Crippen LogP contribution in [-0.4, -0.2) is 15.3 Å². The maximum absolute atomic E-state index is 11.9. The summed E-state index contributed by atoms with van der Waals surface area (Å²) in [6, 6.07) is 1.96. The van der Waals surface area contributed by atoms with Gasteiger partial charge >= 0.3 is 0 Å². The lowest BCUT2D eigenvalue weighted by Gasteiger charge is -2.00. The molecule has 0 fully saturated rings. The third-order valence-electron chi connectivity index (χ3n) is 2.23. The van der Waals surface area contributed by atoms with Gasteiger partial charge in [0, 0.05) is 27.7 Å². The van der Waals surface area contributed by atoms with Crippen LogP contribution in [0.1, 0.15) is 20.1 Å². The van der Waals surface area contributed by atoms with Gasteiger partial charge in [0.05, 0.1) is 12.9 Å². The van der Waals surface area contributed by atoms with E-state index in [-0.39, 0.29) is 5.78 Å². The number of carbonyl (C=O) groups excluding carboxylic acids is 1. The van der Waals surface area contributed by atoms with Gasteiger partial charge < -0.3 is 4.57 Å². The van der Waals surface area contributed by atoms with E-state index in [2.05, 4.69) is 4.98 Å². The van der Waals surface area contributed by atoms with Gasteiger partial charge in [0.2, 0.25) is 0 Å². The highest BCUT2D eigenvalue weighted by molar-refractivity contribution is 7.12. The van der Waals surface area contributed by atoms with E-state index in [1.807, 2.05) is 19.9 Å². The molecule has 4 heteroatoms. The lowest BCUT2D eigenvalue weighted by molar-refractivity contribution is 0.0972. The number of nitrogens with zero attached hydrogens (tertiary/aromatic N) is 2. The molecule has 0 N–H and O–H groups in total. The molecular formula is C11H12N2OS. The number of hydrogen-bond donors (Lipinski definition) is 0. The molecule has 0 saturated carbocycles. The van der Waals surface area contributed by atoms with Gasteiger partial charge in [-0.3, -0.25) is 4.79 Å². The first-order chi connectivity index (χ1) is 7.16. The second kappa shape index (κ2) is 3.98. The highest BCUT2D eigenvalue weighted by Gasteiger charge is 2.11. The van der Waals surface area contributed by atoms with Crippen LogP contribution in [0.15, 0.2) is 24.8 Å². The van der Waals surface area contributed by atoms with Crippen LogP contribution in [0.25, 0.3) is 0 Å². The summed E-state index contributed by atoms with van der Waals surface area (Å²) in [5.74, 6) is 0.148. The number of rotatable bonds is 3. The van der Waals surface area contributed by atoms with E-state index in [0.29, 0.717) is 6.54 Å². The minimum atomic E-state index is 0.148. The second-order valence-corrected chi connectivity index (χ2v) is 4.95. The van der Waals surface area contributed by atoms with Crippen LogP contribution in [-0.2, 0) is 6.54 Å². The monoisotopic (exact) mass is 220 g/mol. The molecule has 0 saturated heterocycles. The predicted molar refractivity (Wildman–Crippen MR) is 60.4 cm³/mol. The fraction of sp³-hybridized carbons (Fsp3) is 0.273. The maximum Gasteiger partial charge on any atom is 0.183 e. The maximum atomic E-state index is 11.9. The summed E-state index contributed by atoms with van der Waals surface area (Å²) in [5, 5.41) is 0. The first-order valence-electron chi connectivity index (χ1n) is 4.73. The zero-order valence-corrected chi connectivity index (χ0v) is 9.54. The van der Waals surface area contributed by atoms with Gasteiger partial charge in [-0.25, -0.2) is 4.98 Å². The molecule has 3 nitrogen and oxygen atoms in total. The molecule has 2 heterocycles.